The van der Waals surface area contributed by atoms with Crippen molar-refractivity contribution in [2.45, 2.75) is 57.5 Å². The molecule has 0 amide bonds. The van der Waals surface area contributed by atoms with Crippen molar-refractivity contribution < 1.29 is 14.6 Å². The van der Waals surface area contributed by atoms with Crippen molar-refractivity contribution in [3.8, 4) is 0 Å². The highest BCUT2D eigenvalue weighted by atomic mass is 16.5. The van der Waals surface area contributed by atoms with Crippen molar-refractivity contribution in [2.24, 2.45) is 5.92 Å². The molecule has 0 aromatic heterocycles. The number of hydrogen-bond donors (Lipinski definition) is 1. The number of rotatable bonds is 5. The zero-order valence-electron chi connectivity index (χ0n) is 9.79. The fourth-order valence-corrected chi connectivity index (χ4v) is 2.49. The molecular formula is C12H22O3. The van der Waals surface area contributed by atoms with Crippen LogP contribution in [0.4, 0.5) is 0 Å². The lowest BCUT2D eigenvalue weighted by Crippen LogP contribution is -2.40. The van der Waals surface area contributed by atoms with Gasteiger partial charge in [0.2, 0.25) is 0 Å². The lowest BCUT2D eigenvalue weighted by atomic mass is 9.82. The average Bonchev–Trinajstić information content (AvgIpc) is 2.66. The van der Waals surface area contributed by atoms with Crippen molar-refractivity contribution in [3.63, 3.8) is 0 Å². The minimum absolute atomic E-state index is 0.243. The molecule has 0 saturated heterocycles. The summed E-state index contributed by atoms with van der Waals surface area (Å²) in [6, 6.07) is 0. The van der Waals surface area contributed by atoms with Gasteiger partial charge in [-0.05, 0) is 19.3 Å². The predicted molar refractivity (Wildman–Crippen MR) is 58.4 cm³/mol. The summed E-state index contributed by atoms with van der Waals surface area (Å²) in [7, 11) is 1.40. The van der Waals surface area contributed by atoms with E-state index in [1.807, 2.05) is 0 Å². The van der Waals surface area contributed by atoms with Crippen LogP contribution in [0.3, 0.4) is 0 Å². The van der Waals surface area contributed by atoms with Gasteiger partial charge in [-0.1, -0.05) is 32.6 Å². The molecule has 0 aromatic carbocycles. The molecule has 1 rings (SSSR count). The Bertz CT molecular complexity index is 207. The molecule has 0 heterocycles. The van der Waals surface area contributed by atoms with Crippen LogP contribution in [-0.2, 0) is 9.53 Å². The standard InChI is InChI=1S/C12H22O3/c1-3-4-7-10(11(13)15-2)12(14)8-5-6-9-12/h10,14H,3-9H2,1-2H3. The highest BCUT2D eigenvalue weighted by Crippen LogP contribution is 2.38. The number of carbonyl (C=O) groups excluding carboxylic acids is 1. The molecule has 15 heavy (non-hydrogen) atoms. The molecule has 1 fully saturated rings. The molecule has 1 saturated carbocycles. The van der Waals surface area contributed by atoms with Crippen molar-refractivity contribution in [1.29, 1.82) is 0 Å². The highest BCUT2D eigenvalue weighted by Gasteiger charge is 2.43. The summed E-state index contributed by atoms with van der Waals surface area (Å²) in [6.07, 6.45) is 6.31. The Kier molecular flexibility index (Phi) is 4.58. The third-order valence-corrected chi connectivity index (χ3v) is 3.45. The molecule has 1 aliphatic rings. The normalized spacial score (nSPS) is 21.3. The molecule has 88 valence electrons. The third-order valence-electron chi connectivity index (χ3n) is 3.45. The zero-order valence-corrected chi connectivity index (χ0v) is 9.79. The van der Waals surface area contributed by atoms with Gasteiger partial charge in [0, 0.05) is 0 Å². The van der Waals surface area contributed by atoms with Crippen LogP contribution < -0.4 is 0 Å². The molecule has 1 aliphatic carbocycles. The topological polar surface area (TPSA) is 46.5 Å². The Morgan fingerprint density at radius 1 is 1.47 bits per heavy atom. The van der Waals surface area contributed by atoms with E-state index in [0.717, 1.165) is 44.9 Å². The molecule has 0 bridgehead atoms. The van der Waals surface area contributed by atoms with Crippen molar-refractivity contribution >= 4 is 5.97 Å². The molecule has 1 N–H and O–H groups in total. The molecule has 0 aliphatic heterocycles. The number of carbonyl (C=O) groups is 1. The Morgan fingerprint density at radius 3 is 2.53 bits per heavy atom. The molecule has 1 atom stereocenters. The van der Waals surface area contributed by atoms with Crippen LogP contribution in [0.15, 0.2) is 0 Å². The molecule has 0 spiro atoms. The zero-order chi connectivity index (χ0) is 11.3. The quantitative estimate of drug-likeness (QED) is 0.714. The number of aliphatic hydroxyl groups is 1. The number of hydrogen-bond acceptors (Lipinski definition) is 3. The van der Waals surface area contributed by atoms with E-state index in [1.165, 1.54) is 7.11 Å². The van der Waals surface area contributed by atoms with Crippen LogP contribution in [0.25, 0.3) is 0 Å². The van der Waals surface area contributed by atoms with E-state index in [2.05, 4.69) is 6.92 Å². The summed E-state index contributed by atoms with van der Waals surface area (Å²) in [4.78, 5) is 11.6. The van der Waals surface area contributed by atoms with Crippen LogP contribution in [-0.4, -0.2) is 23.8 Å². The summed E-state index contributed by atoms with van der Waals surface area (Å²) in [5, 5.41) is 10.4. The van der Waals surface area contributed by atoms with Gasteiger partial charge in [0.25, 0.3) is 0 Å². The van der Waals surface area contributed by atoms with Gasteiger partial charge >= 0.3 is 5.97 Å². The minimum atomic E-state index is -0.789. The molecule has 1 unspecified atom stereocenters. The highest BCUT2D eigenvalue weighted by molar-refractivity contribution is 5.73. The summed E-state index contributed by atoms with van der Waals surface area (Å²) in [6.45, 7) is 2.09. The van der Waals surface area contributed by atoms with Crippen molar-refractivity contribution in [1.82, 2.24) is 0 Å². The van der Waals surface area contributed by atoms with E-state index in [0.29, 0.717) is 0 Å². The van der Waals surface area contributed by atoms with Crippen molar-refractivity contribution in [3.05, 3.63) is 0 Å². The van der Waals surface area contributed by atoms with Gasteiger partial charge in [0.1, 0.15) is 0 Å². The van der Waals surface area contributed by atoms with E-state index >= 15 is 0 Å². The summed E-state index contributed by atoms with van der Waals surface area (Å²) < 4.78 is 4.79. The van der Waals surface area contributed by atoms with E-state index in [1.54, 1.807) is 0 Å². The van der Waals surface area contributed by atoms with Crippen molar-refractivity contribution in [2.75, 3.05) is 7.11 Å². The third kappa shape index (κ3) is 2.94. The van der Waals surface area contributed by atoms with E-state index in [4.69, 9.17) is 4.74 Å². The SMILES string of the molecule is CCCCC(C(=O)OC)C1(O)CCCC1. The summed E-state index contributed by atoms with van der Waals surface area (Å²) >= 11 is 0. The number of esters is 1. The van der Waals surface area contributed by atoms with Crippen LogP contribution in [0, 0.1) is 5.92 Å². The maximum Gasteiger partial charge on any atom is 0.311 e. The second-order valence-corrected chi connectivity index (χ2v) is 4.53. The number of methoxy groups -OCH3 is 1. The van der Waals surface area contributed by atoms with E-state index < -0.39 is 5.60 Å². The molecule has 0 radical (unpaired) electrons. The first-order valence-corrected chi connectivity index (χ1v) is 5.94. The first kappa shape index (κ1) is 12.5. The smallest absolute Gasteiger partial charge is 0.311 e. The Balaban J connectivity index is 2.65. The lowest BCUT2D eigenvalue weighted by molar-refractivity contribution is -0.156. The van der Waals surface area contributed by atoms with Crippen LogP contribution in [0.2, 0.25) is 0 Å². The maximum atomic E-state index is 11.6. The largest absolute Gasteiger partial charge is 0.469 e. The van der Waals surface area contributed by atoms with Crippen LogP contribution in [0.5, 0.6) is 0 Å². The Labute approximate surface area is 91.8 Å². The molecule has 3 nitrogen and oxygen atoms in total. The van der Waals surface area contributed by atoms with Gasteiger partial charge in [0.05, 0.1) is 18.6 Å². The predicted octanol–water partition coefficient (Wildman–Crippen LogP) is 2.27. The monoisotopic (exact) mass is 214 g/mol. The van der Waals surface area contributed by atoms with Gasteiger partial charge in [-0.3, -0.25) is 4.79 Å². The second kappa shape index (κ2) is 5.50. The molecular weight excluding hydrogens is 192 g/mol. The van der Waals surface area contributed by atoms with Gasteiger partial charge in [0.15, 0.2) is 0 Å². The van der Waals surface area contributed by atoms with Gasteiger partial charge in [-0.25, -0.2) is 0 Å². The Hall–Kier alpha value is -0.570. The summed E-state index contributed by atoms with van der Waals surface area (Å²) in [5.41, 5.74) is -0.789. The fourth-order valence-electron chi connectivity index (χ4n) is 2.49. The van der Waals surface area contributed by atoms with Gasteiger partial charge < -0.3 is 9.84 Å². The lowest BCUT2D eigenvalue weighted by Gasteiger charge is -2.30. The number of unbranched alkanes of at least 4 members (excludes halogenated alkanes) is 1. The Morgan fingerprint density at radius 2 is 2.07 bits per heavy atom. The van der Waals surface area contributed by atoms with Gasteiger partial charge in [-0.2, -0.15) is 0 Å². The summed E-state index contributed by atoms with van der Waals surface area (Å²) in [5.74, 6) is -0.558. The van der Waals surface area contributed by atoms with Crippen LogP contribution in [0.1, 0.15) is 51.9 Å². The van der Waals surface area contributed by atoms with E-state index in [9.17, 15) is 9.90 Å². The van der Waals surface area contributed by atoms with E-state index in [-0.39, 0.29) is 11.9 Å². The minimum Gasteiger partial charge on any atom is -0.469 e. The fraction of sp³-hybridized carbons (Fsp3) is 0.917. The maximum absolute atomic E-state index is 11.6. The average molecular weight is 214 g/mol. The van der Waals surface area contributed by atoms with Gasteiger partial charge in [-0.15, -0.1) is 0 Å². The first-order chi connectivity index (χ1) is 7.14. The first-order valence-electron chi connectivity index (χ1n) is 5.94. The molecule has 3 heteroatoms. The van der Waals surface area contributed by atoms with Crippen LogP contribution >= 0.6 is 0 Å². The number of ether oxygens (including phenoxy) is 1. The second-order valence-electron chi connectivity index (χ2n) is 4.53. The molecule has 0 aromatic rings.